The minimum absolute atomic E-state index is 0.0138. The molecule has 110 valence electrons. The van der Waals surface area contributed by atoms with Crippen molar-refractivity contribution < 1.29 is 13.2 Å². The van der Waals surface area contributed by atoms with Gasteiger partial charge in [-0.05, 0) is 31.4 Å². The van der Waals surface area contributed by atoms with Crippen molar-refractivity contribution in [1.82, 2.24) is 10.3 Å². The van der Waals surface area contributed by atoms with Crippen LogP contribution in [0.2, 0.25) is 0 Å². The van der Waals surface area contributed by atoms with Crippen molar-refractivity contribution in [1.29, 1.82) is 0 Å². The van der Waals surface area contributed by atoms with Crippen molar-refractivity contribution in [2.45, 2.75) is 32.2 Å². The number of pyridine rings is 1. The molecule has 1 fully saturated rings. The summed E-state index contributed by atoms with van der Waals surface area (Å²) >= 11 is 0. The van der Waals surface area contributed by atoms with Crippen LogP contribution in [0.5, 0.6) is 0 Å². The minimum atomic E-state index is -3.03. The summed E-state index contributed by atoms with van der Waals surface area (Å²) in [5, 5.41) is 2.77. The molecule has 1 aromatic heterocycles. The van der Waals surface area contributed by atoms with Gasteiger partial charge in [0.25, 0.3) is 5.91 Å². The Kier molecular flexibility index (Phi) is 4.27. The lowest BCUT2D eigenvalue weighted by Gasteiger charge is -2.23. The molecule has 0 aromatic carbocycles. The van der Waals surface area contributed by atoms with Gasteiger partial charge in [0.1, 0.15) is 5.82 Å². The molecule has 2 rings (SSSR count). The zero-order valence-electron chi connectivity index (χ0n) is 11.4. The molecule has 20 heavy (non-hydrogen) atoms. The highest BCUT2D eigenvalue weighted by atomic mass is 32.2. The number of carbonyl (C=O) groups excluding carboxylic acids is 1. The maximum atomic E-state index is 12.2. The first-order chi connectivity index (χ1) is 9.39. The van der Waals surface area contributed by atoms with Gasteiger partial charge in [-0.1, -0.05) is 6.92 Å². The predicted octanol–water partition coefficient (Wildman–Crippen LogP) is 0.533. The van der Waals surface area contributed by atoms with Crippen LogP contribution in [0.25, 0.3) is 0 Å². The zero-order chi connectivity index (χ0) is 14.8. The van der Waals surface area contributed by atoms with E-state index >= 15 is 0 Å². The van der Waals surface area contributed by atoms with Crippen LogP contribution < -0.4 is 11.1 Å². The smallest absolute Gasteiger partial charge is 0.251 e. The van der Waals surface area contributed by atoms with E-state index in [9.17, 15) is 13.2 Å². The summed E-state index contributed by atoms with van der Waals surface area (Å²) < 4.78 is 23.1. The van der Waals surface area contributed by atoms with Crippen LogP contribution in [0.4, 0.5) is 5.82 Å². The topological polar surface area (TPSA) is 102 Å². The van der Waals surface area contributed by atoms with Gasteiger partial charge in [0.2, 0.25) is 0 Å². The van der Waals surface area contributed by atoms with Gasteiger partial charge >= 0.3 is 0 Å². The number of carbonyl (C=O) groups is 1. The molecular formula is C13H19N3O3S. The average Bonchev–Trinajstić information content (AvgIpc) is 2.36. The standard InChI is InChI=1S/C13H19N3O3S/c1-2-10-6-9(7-12(14)15-10)13(17)16-11-4-3-5-20(18,19)8-11/h6-7,11H,2-5,8H2,1H3,(H2,14,15)(H,16,17). The number of aryl methyl sites for hydroxylation is 1. The molecule has 0 spiro atoms. The highest BCUT2D eigenvalue weighted by Gasteiger charge is 2.26. The Morgan fingerprint density at radius 2 is 2.25 bits per heavy atom. The van der Waals surface area contributed by atoms with E-state index in [1.54, 1.807) is 6.07 Å². The van der Waals surface area contributed by atoms with Gasteiger partial charge in [-0.15, -0.1) is 0 Å². The number of amides is 1. The third kappa shape index (κ3) is 3.69. The van der Waals surface area contributed by atoms with Crippen molar-refractivity contribution in [2.75, 3.05) is 17.2 Å². The maximum absolute atomic E-state index is 12.2. The van der Waals surface area contributed by atoms with Crippen molar-refractivity contribution in [3.63, 3.8) is 0 Å². The maximum Gasteiger partial charge on any atom is 0.251 e. The summed E-state index contributed by atoms with van der Waals surface area (Å²) in [7, 11) is -3.03. The van der Waals surface area contributed by atoms with Crippen LogP contribution in [0.3, 0.4) is 0 Å². The molecule has 3 N–H and O–H groups in total. The number of nitrogens with two attached hydrogens (primary N) is 1. The third-order valence-corrected chi connectivity index (χ3v) is 5.14. The van der Waals surface area contributed by atoms with Gasteiger partial charge < -0.3 is 11.1 Å². The number of nitrogens with one attached hydrogen (secondary N) is 1. The van der Waals surface area contributed by atoms with Crippen molar-refractivity contribution >= 4 is 21.6 Å². The second-order valence-electron chi connectivity index (χ2n) is 5.05. The van der Waals surface area contributed by atoms with Gasteiger partial charge in [-0.2, -0.15) is 0 Å². The van der Waals surface area contributed by atoms with Crippen LogP contribution in [0.1, 0.15) is 35.8 Å². The normalized spacial score (nSPS) is 21.4. The van der Waals surface area contributed by atoms with E-state index in [0.29, 0.717) is 30.6 Å². The molecule has 1 aromatic rings. The number of nitrogens with zero attached hydrogens (tertiary/aromatic N) is 1. The third-order valence-electron chi connectivity index (χ3n) is 3.32. The number of sulfone groups is 1. The van der Waals surface area contributed by atoms with Crippen LogP contribution in [0, 0.1) is 0 Å². The Morgan fingerprint density at radius 3 is 2.90 bits per heavy atom. The van der Waals surface area contributed by atoms with Gasteiger partial charge in [-0.3, -0.25) is 4.79 Å². The first-order valence-corrected chi connectivity index (χ1v) is 8.49. The Morgan fingerprint density at radius 1 is 1.50 bits per heavy atom. The number of hydrogen-bond donors (Lipinski definition) is 2. The predicted molar refractivity (Wildman–Crippen MR) is 77.2 cm³/mol. The SMILES string of the molecule is CCc1cc(C(=O)NC2CCCS(=O)(=O)C2)cc(N)n1. The minimum Gasteiger partial charge on any atom is -0.384 e. The van der Waals surface area contributed by atoms with Crippen molar-refractivity contribution in [3.8, 4) is 0 Å². The molecule has 1 aliphatic heterocycles. The van der Waals surface area contributed by atoms with Gasteiger partial charge in [-0.25, -0.2) is 13.4 Å². The fraction of sp³-hybridized carbons (Fsp3) is 0.538. The molecule has 0 bridgehead atoms. The van der Waals surface area contributed by atoms with E-state index in [2.05, 4.69) is 10.3 Å². The van der Waals surface area contributed by atoms with E-state index in [1.807, 2.05) is 6.92 Å². The Labute approximate surface area is 118 Å². The molecule has 0 aliphatic carbocycles. The number of aromatic nitrogens is 1. The first-order valence-electron chi connectivity index (χ1n) is 6.67. The largest absolute Gasteiger partial charge is 0.384 e. The van der Waals surface area contributed by atoms with E-state index in [4.69, 9.17) is 5.73 Å². The lowest BCUT2D eigenvalue weighted by Crippen LogP contribution is -2.43. The van der Waals surface area contributed by atoms with Crippen LogP contribution >= 0.6 is 0 Å². The number of hydrogen-bond acceptors (Lipinski definition) is 5. The monoisotopic (exact) mass is 297 g/mol. The molecule has 6 nitrogen and oxygen atoms in total. The Balaban J connectivity index is 2.10. The van der Waals surface area contributed by atoms with E-state index in [1.165, 1.54) is 6.07 Å². The van der Waals surface area contributed by atoms with E-state index in [0.717, 1.165) is 5.69 Å². The summed E-state index contributed by atoms with van der Waals surface area (Å²) in [4.78, 5) is 16.3. The van der Waals surface area contributed by atoms with Crippen molar-refractivity contribution in [3.05, 3.63) is 23.4 Å². The molecule has 1 amide bonds. The highest BCUT2D eigenvalue weighted by Crippen LogP contribution is 2.14. The molecular weight excluding hydrogens is 278 g/mol. The fourth-order valence-corrected chi connectivity index (χ4v) is 3.96. The fourth-order valence-electron chi connectivity index (χ4n) is 2.33. The van der Waals surface area contributed by atoms with E-state index in [-0.39, 0.29) is 23.5 Å². The lowest BCUT2D eigenvalue weighted by atomic mass is 10.1. The molecule has 0 radical (unpaired) electrons. The highest BCUT2D eigenvalue weighted by molar-refractivity contribution is 7.91. The first kappa shape index (κ1) is 14.8. The van der Waals surface area contributed by atoms with Gasteiger partial charge in [0, 0.05) is 17.3 Å². The molecule has 1 atom stereocenters. The van der Waals surface area contributed by atoms with Crippen LogP contribution in [0.15, 0.2) is 12.1 Å². The van der Waals surface area contributed by atoms with Crippen LogP contribution in [-0.4, -0.2) is 36.9 Å². The second-order valence-corrected chi connectivity index (χ2v) is 7.28. The quantitative estimate of drug-likeness (QED) is 0.847. The molecule has 1 unspecified atom stereocenters. The Hall–Kier alpha value is -1.63. The zero-order valence-corrected chi connectivity index (χ0v) is 12.2. The average molecular weight is 297 g/mol. The lowest BCUT2D eigenvalue weighted by molar-refractivity contribution is 0.0938. The number of anilines is 1. The molecule has 2 heterocycles. The van der Waals surface area contributed by atoms with Gasteiger partial charge in [0.05, 0.1) is 11.5 Å². The Bertz CT molecular complexity index is 613. The number of rotatable bonds is 3. The molecule has 7 heteroatoms. The number of nitrogen functional groups attached to an aromatic ring is 1. The summed E-state index contributed by atoms with van der Waals surface area (Å²) in [5.41, 5.74) is 6.83. The van der Waals surface area contributed by atoms with Gasteiger partial charge in [0.15, 0.2) is 9.84 Å². The van der Waals surface area contributed by atoms with E-state index < -0.39 is 9.84 Å². The summed E-state index contributed by atoms with van der Waals surface area (Å²) in [6.45, 7) is 1.93. The van der Waals surface area contributed by atoms with Crippen molar-refractivity contribution in [2.24, 2.45) is 0 Å². The molecule has 1 aliphatic rings. The second kappa shape index (κ2) is 5.78. The van der Waals surface area contributed by atoms with Crippen LogP contribution in [-0.2, 0) is 16.3 Å². The summed E-state index contributed by atoms with van der Waals surface area (Å²) in [6.07, 6.45) is 1.96. The molecule has 1 saturated heterocycles. The summed E-state index contributed by atoms with van der Waals surface area (Å²) in [6, 6.07) is 2.87. The summed E-state index contributed by atoms with van der Waals surface area (Å²) in [5.74, 6) is 0.225. The molecule has 0 saturated carbocycles.